The fourth-order valence-electron chi connectivity index (χ4n) is 4.53. The molecule has 0 bridgehead atoms. The van der Waals surface area contributed by atoms with E-state index in [0.29, 0.717) is 5.92 Å². The Kier molecular flexibility index (Phi) is 5.67. The van der Waals surface area contributed by atoms with Crippen molar-refractivity contribution in [2.75, 3.05) is 34.4 Å². The molecule has 0 amide bonds. The van der Waals surface area contributed by atoms with E-state index in [9.17, 15) is 0 Å². The molecule has 2 heterocycles. The van der Waals surface area contributed by atoms with Gasteiger partial charge in [0.15, 0.2) is 11.5 Å². The molecule has 0 atom stereocenters. The van der Waals surface area contributed by atoms with E-state index in [4.69, 9.17) is 14.2 Å². The molecule has 0 spiro atoms. The molecule has 1 aliphatic heterocycles. The van der Waals surface area contributed by atoms with Crippen LogP contribution in [0.2, 0.25) is 0 Å². The molecule has 0 unspecified atom stereocenters. The fourth-order valence-corrected chi connectivity index (χ4v) is 4.53. The number of hydrogen-bond donors (Lipinski definition) is 2. The Hall–Kier alpha value is -2.66. The van der Waals surface area contributed by atoms with Gasteiger partial charge in [0.05, 0.1) is 21.3 Å². The van der Waals surface area contributed by atoms with Crippen molar-refractivity contribution in [3.63, 3.8) is 0 Å². The highest BCUT2D eigenvalue weighted by atomic mass is 16.5. The van der Waals surface area contributed by atoms with Crippen LogP contribution < -0.4 is 19.5 Å². The van der Waals surface area contributed by atoms with E-state index in [0.717, 1.165) is 66.4 Å². The van der Waals surface area contributed by atoms with Crippen LogP contribution in [0.3, 0.4) is 0 Å². The normalized spacial score (nSPS) is 14.9. The second-order valence-electron chi connectivity index (χ2n) is 7.57. The highest BCUT2D eigenvalue weighted by Gasteiger charge is 2.22. The minimum atomic E-state index is 0.541. The van der Waals surface area contributed by atoms with E-state index >= 15 is 0 Å². The van der Waals surface area contributed by atoms with E-state index < -0.39 is 0 Å². The minimum absolute atomic E-state index is 0.541. The zero-order chi connectivity index (χ0) is 20.4. The lowest BCUT2D eigenvalue weighted by Crippen LogP contribution is -2.26. The van der Waals surface area contributed by atoms with Crippen molar-refractivity contribution in [2.24, 2.45) is 0 Å². The molecule has 5 nitrogen and oxygen atoms in total. The Balaban J connectivity index is 1.86. The van der Waals surface area contributed by atoms with Crippen molar-refractivity contribution in [1.82, 2.24) is 10.3 Å². The summed E-state index contributed by atoms with van der Waals surface area (Å²) < 4.78 is 16.7. The summed E-state index contributed by atoms with van der Waals surface area (Å²) in [6, 6.07) is 10.6. The summed E-state index contributed by atoms with van der Waals surface area (Å²) in [7, 11) is 5.10. The molecule has 0 aliphatic carbocycles. The number of hydrogen-bond acceptors (Lipinski definition) is 4. The molecule has 1 aliphatic rings. The second-order valence-corrected chi connectivity index (χ2v) is 7.57. The van der Waals surface area contributed by atoms with Crippen LogP contribution in [0.25, 0.3) is 22.2 Å². The highest BCUT2D eigenvalue weighted by molar-refractivity contribution is 5.92. The van der Waals surface area contributed by atoms with Crippen molar-refractivity contribution in [2.45, 2.75) is 32.1 Å². The molecule has 1 aromatic heterocycles. The van der Waals surface area contributed by atoms with Crippen LogP contribution in [0.4, 0.5) is 0 Å². The Bertz CT molecular complexity index is 1000. The Morgan fingerprint density at radius 1 is 0.897 bits per heavy atom. The molecule has 5 heteroatoms. The van der Waals surface area contributed by atoms with Crippen molar-refractivity contribution in [1.29, 1.82) is 0 Å². The summed E-state index contributed by atoms with van der Waals surface area (Å²) >= 11 is 0. The molecule has 154 valence electrons. The Labute approximate surface area is 172 Å². The summed E-state index contributed by atoms with van der Waals surface area (Å²) in [6.07, 6.45) is 3.24. The summed E-state index contributed by atoms with van der Waals surface area (Å²) in [5.41, 5.74) is 5.99. The monoisotopic (exact) mass is 394 g/mol. The second kappa shape index (κ2) is 8.37. The first kappa shape index (κ1) is 19.6. The largest absolute Gasteiger partial charge is 0.496 e. The molecular weight excluding hydrogens is 364 g/mol. The van der Waals surface area contributed by atoms with Gasteiger partial charge in [-0.25, -0.2) is 0 Å². The molecule has 2 aromatic carbocycles. The van der Waals surface area contributed by atoms with Gasteiger partial charge in [-0.3, -0.25) is 0 Å². The third kappa shape index (κ3) is 3.55. The van der Waals surface area contributed by atoms with E-state index in [2.05, 4.69) is 35.4 Å². The first-order valence-electron chi connectivity index (χ1n) is 10.4. The van der Waals surface area contributed by atoms with Gasteiger partial charge in [-0.05, 0) is 73.7 Å². The number of benzene rings is 2. The maximum absolute atomic E-state index is 5.79. The number of rotatable bonds is 6. The lowest BCUT2D eigenvalue weighted by Gasteiger charge is -2.24. The van der Waals surface area contributed by atoms with Crippen LogP contribution in [0, 0.1) is 0 Å². The number of methoxy groups -OCH3 is 3. The van der Waals surface area contributed by atoms with Crippen LogP contribution in [0.1, 0.15) is 36.8 Å². The van der Waals surface area contributed by atoms with Crippen molar-refractivity contribution < 1.29 is 14.2 Å². The summed E-state index contributed by atoms with van der Waals surface area (Å²) in [5.74, 6) is 2.99. The molecule has 0 saturated carbocycles. The van der Waals surface area contributed by atoms with Crippen LogP contribution in [0.5, 0.6) is 17.2 Å². The summed E-state index contributed by atoms with van der Waals surface area (Å²) in [4.78, 5) is 3.64. The molecule has 29 heavy (non-hydrogen) atoms. The highest BCUT2D eigenvalue weighted by Crippen LogP contribution is 2.40. The molecule has 2 N–H and O–H groups in total. The minimum Gasteiger partial charge on any atom is -0.496 e. The van der Waals surface area contributed by atoms with Gasteiger partial charge in [-0.15, -0.1) is 0 Å². The number of H-pyrrole nitrogens is 1. The fraction of sp³-hybridized carbons (Fsp3) is 0.417. The third-order valence-corrected chi connectivity index (χ3v) is 6.06. The molecule has 1 fully saturated rings. The average molecular weight is 395 g/mol. The lowest BCUT2D eigenvalue weighted by molar-refractivity contribution is 0.355. The van der Waals surface area contributed by atoms with Gasteiger partial charge in [-0.1, -0.05) is 6.92 Å². The number of ether oxygens (including phenoxy) is 3. The van der Waals surface area contributed by atoms with Crippen LogP contribution in [-0.4, -0.2) is 39.4 Å². The number of nitrogens with one attached hydrogen (secondary N) is 2. The van der Waals surface area contributed by atoms with Gasteiger partial charge in [0.1, 0.15) is 5.75 Å². The number of aromatic amines is 1. The number of aryl methyl sites for hydroxylation is 1. The molecular formula is C24H30N2O3. The number of aromatic nitrogens is 1. The Morgan fingerprint density at radius 2 is 1.62 bits per heavy atom. The first-order chi connectivity index (χ1) is 14.2. The van der Waals surface area contributed by atoms with E-state index in [1.165, 1.54) is 16.5 Å². The molecule has 0 radical (unpaired) electrons. The smallest absolute Gasteiger partial charge is 0.161 e. The predicted molar refractivity (Wildman–Crippen MR) is 118 cm³/mol. The summed E-state index contributed by atoms with van der Waals surface area (Å²) in [6.45, 7) is 4.34. The topological polar surface area (TPSA) is 55.5 Å². The van der Waals surface area contributed by atoms with Gasteiger partial charge >= 0.3 is 0 Å². The number of piperidine rings is 1. The quantitative estimate of drug-likeness (QED) is 0.625. The maximum atomic E-state index is 5.79. The zero-order valence-electron chi connectivity index (χ0n) is 17.7. The Morgan fingerprint density at radius 3 is 2.28 bits per heavy atom. The SMILES string of the molecule is CCc1c(-c2ccc(OC)c(OC)c2)[nH]c2cc(OC)c(C3CCNCC3)cc12. The van der Waals surface area contributed by atoms with Gasteiger partial charge < -0.3 is 24.5 Å². The van der Waals surface area contributed by atoms with Gasteiger partial charge in [0, 0.05) is 28.2 Å². The van der Waals surface area contributed by atoms with Crippen molar-refractivity contribution >= 4 is 10.9 Å². The van der Waals surface area contributed by atoms with Crippen LogP contribution in [0.15, 0.2) is 30.3 Å². The van der Waals surface area contributed by atoms with E-state index in [-0.39, 0.29) is 0 Å². The third-order valence-electron chi connectivity index (χ3n) is 6.06. The standard InChI is InChI=1S/C24H30N2O3/c1-5-17-19-13-18(15-8-10-25-11-9-15)22(28-3)14-20(19)26-24(17)16-6-7-21(27-2)23(12-16)29-4/h6-7,12-15,25-26H,5,8-11H2,1-4H3. The van der Waals surface area contributed by atoms with E-state index in [1.807, 2.05) is 12.1 Å². The first-order valence-corrected chi connectivity index (χ1v) is 10.4. The summed E-state index contributed by atoms with van der Waals surface area (Å²) in [5, 5.41) is 4.74. The van der Waals surface area contributed by atoms with Gasteiger partial charge in [0.25, 0.3) is 0 Å². The maximum Gasteiger partial charge on any atom is 0.161 e. The van der Waals surface area contributed by atoms with Crippen molar-refractivity contribution in [3.8, 4) is 28.5 Å². The lowest BCUT2D eigenvalue weighted by atomic mass is 9.88. The number of fused-ring (bicyclic) bond motifs is 1. The molecule has 3 aromatic rings. The van der Waals surface area contributed by atoms with Crippen LogP contribution >= 0.6 is 0 Å². The predicted octanol–water partition coefficient (Wildman–Crippen LogP) is 4.89. The van der Waals surface area contributed by atoms with Crippen molar-refractivity contribution in [3.05, 3.63) is 41.5 Å². The van der Waals surface area contributed by atoms with E-state index in [1.54, 1.807) is 21.3 Å². The van der Waals surface area contributed by atoms with Gasteiger partial charge in [-0.2, -0.15) is 0 Å². The molecule has 1 saturated heterocycles. The average Bonchev–Trinajstić information content (AvgIpc) is 3.15. The van der Waals surface area contributed by atoms with Gasteiger partial charge in [0.2, 0.25) is 0 Å². The zero-order valence-corrected chi connectivity index (χ0v) is 17.7. The van der Waals surface area contributed by atoms with Crippen LogP contribution in [-0.2, 0) is 6.42 Å². The molecule has 4 rings (SSSR count).